The number of nitrogens with two attached hydrogens (primary N) is 1. The molecular weight excluding hydrogens is 469 g/mol. The molecule has 0 aliphatic carbocycles. The number of non-ortho nitro benzene ring substituents is 1. The fourth-order valence-electron chi connectivity index (χ4n) is 2.45. The molecule has 0 bridgehead atoms. The molecule has 0 heterocycles. The summed E-state index contributed by atoms with van der Waals surface area (Å²) < 4.78 is 29.7. The van der Waals surface area contributed by atoms with E-state index in [-0.39, 0.29) is 37.6 Å². The zero-order valence-electron chi connectivity index (χ0n) is 15.4. The second kappa shape index (κ2) is 8.80. The molecule has 0 aromatic heterocycles. The van der Waals surface area contributed by atoms with Crippen molar-refractivity contribution in [3.8, 4) is 5.75 Å². The van der Waals surface area contributed by atoms with Crippen LogP contribution in [0.25, 0.3) is 0 Å². The van der Waals surface area contributed by atoms with E-state index in [0.29, 0.717) is 5.69 Å². The molecule has 160 valence electrons. The van der Waals surface area contributed by atoms with Crippen LogP contribution >= 0.6 is 23.2 Å². The zero-order valence-corrected chi connectivity index (χ0v) is 17.7. The number of nitrogens with one attached hydrogen (secondary N) is 1. The number of rotatable bonds is 6. The molecule has 0 atom stereocenters. The molecule has 0 radical (unpaired) electrons. The lowest BCUT2D eigenvalue weighted by atomic mass is 10.2. The van der Waals surface area contributed by atoms with Gasteiger partial charge in [0.2, 0.25) is 0 Å². The largest absolute Gasteiger partial charge is 0.396 e. The number of carbonyl (C=O) groups excluding carboxylic acids is 1. The fourth-order valence-corrected chi connectivity index (χ4v) is 3.91. The first-order valence-electron chi connectivity index (χ1n) is 8.42. The van der Waals surface area contributed by atoms with Gasteiger partial charge in [0.1, 0.15) is 10.6 Å². The van der Waals surface area contributed by atoms with Gasteiger partial charge in [-0.3, -0.25) is 14.9 Å². The monoisotopic (exact) mass is 481 g/mol. The minimum Gasteiger partial charge on any atom is -0.396 e. The topological polar surface area (TPSA) is 142 Å². The Bertz CT molecular complexity index is 1260. The minimum atomic E-state index is -4.31. The number of nitrogens with zero attached hydrogens (tertiary/aromatic N) is 1. The van der Waals surface area contributed by atoms with Gasteiger partial charge in [0.15, 0.2) is 0 Å². The molecule has 3 aromatic carbocycles. The number of amides is 1. The smallest absolute Gasteiger partial charge is 0.339 e. The Morgan fingerprint density at radius 3 is 2.23 bits per heavy atom. The van der Waals surface area contributed by atoms with Crippen molar-refractivity contribution in [1.29, 1.82) is 0 Å². The number of halogens is 2. The number of carbonyl (C=O) groups is 1. The van der Waals surface area contributed by atoms with E-state index in [1.165, 1.54) is 48.5 Å². The Labute approximate surface area is 186 Å². The third-order valence-electron chi connectivity index (χ3n) is 3.98. The van der Waals surface area contributed by atoms with Gasteiger partial charge >= 0.3 is 10.1 Å². The molecule has 3 N–H and O–H groups in total. The van der Waals surface area contributed by atoms with E-state index in [4.69, 9.17) is 33.1 Å². The molecule has 31 heavy (non-hydrogen) atoms. The standard InChI is InChI=1S/C19H13Cl2N3O6S/c20-16-8-12(9-17(21)18(16)22)23-19(25)11-4-6-14(7-5-11)30-31(28,29)15-3-1-2-13(10-15)24(26)27/h1-10H,22H2,(H,23,25). The third-order valence-corrected chi connectivity index (χ3v) is 5.85. The summed E-state index contributed by atoms with van der Waals surface area (Å²) in [5.41, 5.74) is 5.97. The van der Waals surface area contributed by atoms with Crippen LogP contribution in [-0.2, 0) is 10.1 Å². The van der Waals surface area contributed by atoms with Gasteiger partial charge in [-0.15, -0.1) is 0 Å². The zero-order chi connectivity index (χ0) is 22.8. The molecule has 12 heteroatoms. The SMILES string of the molecule is Nc1c(Cl)cc(NC(=O)c2ccc(OS(=O)(=O)c3cccc([N+](=O)[O-])c3)cc2)cc1Cl. The lowest BCUT2D eigenvalue weighted by molar-refractivity contribution is -0.385. The van der Waals surface area contributed by atoms with Crippen molar-refractivity contribution in [2.45, 2.75) is 4.90 Å². The molecular formula is C19H13Cl2N3O6S. The number of nitrogen functional groups attached to an aromatic ring is 1. The van der Waals surface area contributed by atoms with Crippen LogP contribution in [0.1, 0.15) is 10.4 Å². The molecule has 0 aliphatic heterocycles. The van der Waals surface area contributed by atoms with Gasteiger partial charge in [-0.2, -0.15) is 8.42 Å². The molecule has 9 nitrogen and oxygen atoms in total. The molecule has 0 spiro atoms. The number of nitro benzene ring substituents is 1. The first-order chi connectivity index (χ1) is 14.6. The van der Waals surface area contributed by atoms with Crippen LogP contribution in [0, 0.1) is 10.1 Å². The summed E-state index contributed by atoms with van der Waals surface area (Å²) in [6, 6.07) is 12.5. The Morgan fingerprint density at radius 1 is 1.03 bits per heavy atom. The Kier molecular flexibility index (Phi) is 6.34. The van der Waals surface area contributed by atoms with Crippen molar-refractivity contribution in [3.63, 3.8) is 0 Å². The normalized spacial score (nSPS) is 11.0. The predicted octanol–water partition coefficient (Wildman–Crippen LogP) is 4.50. The first-order valence-corrected chi connectivity index (χ1v) is 10.6. The lowest BCUT2D eigenvalue weighted by Gasteiger charge is -2.10. The molecule has 3 rings (SSSR count). The molecule has 0 saturated carbocycles. The molecule has 0 saturated heterocycles. The lowest BCUT2D eigenvalue weighted by Crippen LogP contribution is -2.13. The minimum absolute atomic E-state index is 0.0818. The van der Waals surface area contributed by atoms with Crippen LogP contribution in [-0.4, -0.2) is 19.2 Å². The number of hydrogen-bond donors (Lipinski definition) is 2. The molecule has 1 amide bonds. The quantitative estimate of drug-likeness (QED) is 0.228. The summed E-state index contributed by atoms with van der Waals surface area (Å²) in [5, 5.41) is 13.8. The van der Waals surface area contributed by atoms with Crippen molar-refractivity contribution >= 4 is 56.3 Å². The second-order valence-electron chi connectivity index (χ2n) is 6.12. The van der Waals surface area contributed by atoms with Crippen molar-refractivity contribution in [2.75, 3.05) is 11.1 Å². The van der Waals surface area contributed by atoms with E-state index in [0.717, 1.165) is 12.1 Å². The summed E-state index contributed by atoms with van der Waals surface area (Å²) in [4.78, 5) is 22.1. The van der Waals surface area contributed by atoms with Crippen molar-refractivity contribution in [3.05, 3.63) is 86.4 Å². The van der Waals surface area contributed by atoms with Gasteiger partial charge in [-0.05, 0) is 42.5 Å². The highest BCUT2D eigenvalue weighted by molar-refractivity contribution is 7.87. The Balaban J connectivity index is 1.74. The molecule has 3 aromatic rings. The highest BCUT2D eigenvalue weighted by Crippen LogP contribution is 2.31. The Morgan fingerprint density at radius 2 is 1.65 bits per heavy atom. The predicted molar refractivity (Wildman–Crippen MR) is 116 cm³/mol. The third kappa shape index (κ3) is 5.23. The second-order valence-corrected chi connectivity index (χ2v) is 8.48. The highest BCUT2D eigenvalue weighted by atomic mass is 35.5. The van der Waals surface area contributed by atoms with Gasteiger partial charge in [-0.1, -0.05) is 29.3 Å². The van der Waals surface area contributed by atoms with Crippen LogP contribution < -0.4 is 15.2 Å². The molecule has 0 fully saturated rings. The summed E-state index contributed by atoms with van der Waals surface area (Å²) in [6.45, 7) is 0. The maximum absolute atomic E-state index is 12.4. The van der Waals surface area contributed by atoms with Gasteiger partial charge in [-0.25, -0.2) is 0 Å². The van der Waals surface area contributed by atoms with Crippen molar-refractivity contribution < 1.29 is 22.3 Å². The van der Waals surface area contributed by atoms with Crippen LogP contribution in [0.15, 0.2) is 65.6 Å². The molecule has 0 aliphatic rings. The maximum Gasteiger partial charge on any atom is 0.339 e. The Hall–Kier alpha value is -3.34. The summed E-state index contributed by atoms with van der Waals surface area (Å²) in [7, 11) is -4.31. The van der Waals surface area contributed by atoms with Gasteiger partial charge in [0, 0.05) is 23.4 Å². The fraction of sp³-hybridized carbons (Fsp3) is 0. The van der Waals surface area contributed by atoms with Gasteiger partial charge in [0.25, 0.3) is 11.6 Å². The number of anilines is 2. The van der Waals surface area contributed by atoms with E-state index >= 15 is 0 Å². The van der Waals surface area contributed by atoms with E-state index in [1.807, 2.05) is 0 Å². The van der Waals surface area contributed by atoms with Crippen molar-refractivity contribution in [2.24, 2.45) is 0 Å². The maximum atomic E-state index is 12.4. The van der Waals surface area contributed by atoms with Crippen LogP contribution in [0.2, 0.25) is 10.0 Å². The average Bonchev–Trinajstić information content (AvgIpc) is 2.72. The average molecular weight is 482 g/mol. The van der Waals surface area contributed by atoms with E-state index in [2.05, 4.69) is 5.32 Å². The number of hydrogen-bond acceptors (Lipinski definition) is 7. The number of nitro groups is 1. The summed E-state index contributed by atoms with van der Waals surface area (Å²) in [5.74, 6) is -0.591. The first kappa shape index (κ1) is 22.3. The van der Waals surface area contributed by atoms with Gasteiger partial charge in [0.05, 0.1) is 20.7 Å². The highest BCUT2D eigenvalue weighted by Gasteiger charge is 2.20. The van der Waals surface area contributed by atoms with E-state index in [1.54, 1.807) is 0 Å². The van der Waals surface area contributed by atoms with Gasteiger partial charge < -0.3 is 15.2 Å². The molecule has 0 unspecified atom stereocenters. The van der Waals surface area contributed by atoms with E-state index in [9.17, 15) is 23.3 Å². The van der Waals surface area contributed by atoms with Crippen LogP contribution in [0.5, 0.6) is 5.75 Å². The van der Waals surface area contributed by atoms with Crippen LogP contribution in [0.4, 0.5) is 17.1 Å². The van der Waals surface area contributed by atoms with Crippen molar-refractivity contribution in [1.82, 2.24) is 0 Å². The van der Waals surface area contributed by atoms with E-state index < -0.39 is 20.9 Å². The number of benzene rings is 3. The summed E-state index contributed by atoms with van der Waals surface area (Å²) in [6.07, 6.45) is 0. The summed E-state index contributed by atoms with van der Waals surface area (Å²) >= 11 is 11.9. The van der Waals surface area contributed by atoms with Crippen LogP contribution in [0.3, 0.4) is 0 Å².